The van der Waals surface area contributed by atoms with E-state index in [1.54, 1.807) is 42.5 Å². The Morgan fingerprint density at radius 1 is 1.03 bits per heavy atom. The Hall–Kier alpha value is -3.42. The molecule has 0 spiro atoms. The minimum atomic E-state index is -0.474. The van der Waals surface area contributed by atoms with Gasteiger partial charge in [0.2, 0.25) is 0 Å². The number of nitrogens with one attached hydrogen (secondary N) is 2. The lowest BCUT2D eigenvalue weighted by Crippen LogP contribution is -2.27. The van der Waals surface area contributed by atoms with Gasteiger partial charge in [-0.3, -0.25) is 15.0 Å². The van der Waals surface area contributed by atoms with Gasteiger partial charge < -0.3 is 15.0 Å². The van der Waals surface area contributed by atoms with Crippen LogP contribution in [0.2, 0.25) is 10.0 Å². The topological polar surface area (TPSA) is 95.4 Å². The Morgan fingerprint density at radius 2 is 1.71 bits per heavy atom. The quantitative estimate of drug-likeness (QED) is 0.248. The zero-order chi connectivity index (χ0) is 24.9. The minimum absolute atomic E-state index is 0.0694. The lowest BCUT2D eigenvalue weighted by Gasteiger charge is -2.18. The summed E-state index contributed by atoms with van der Waals surface area (Å²) in [5.74, 6) is 0.455. The number of methoxy groups -OCH3 is 1. The molecule has 2 N–H and O–H groups in total. The van der Waals surface area contributed by atoms with Gasteiger partial charge in [-0.05, 0) is 37.1 Å². The third kappa shape index (κ3) is 5.81. The molecule has 2 heterocycles. The maximum absolute atomic E-state index is 13.2. The SMILES string of the molecule is COc1cc(Cl)cc(C(=O)Nc2ccc(Cl)cn2)c1CC(=O)c1ccc(C(=N)N2CCCC2)cc1. The highest BCUT2D eigenvalue weighted by Crippen LogP contribution is 2.30. The van der Waals surface area contributed by atoms with Crippen molar-refractivity contribution in [3.8, 4) is 5.75 Å². The highest BCUT2D eigenvalue weighted by Gasteiger charge is 2.22. The molecule has 0 aliphatic carbocycles. The van der Waals surface area contributed by atoms with Crippen LogP contribution >= 0.6 is 23.2 Å². The molecule has 1 saturated heterocycles. The van der Waals surface area contributed by atoms with Crippen LogP contribution in [0.25, 0.3) is 0 Å². The summed E-state index contributed by atoms with van der Waals surface area (Å²) < 4.78 is 5.44. The maximum atomic E-state index is 13.2. The molecule has 1 amide bonds. The van der Waals surface area contributed by atoms with Crippen LogP contribution in [-0.2, 0) is 6.42 Å². The van der Waals surface area contributed by atoms with E-state index in [-0.39, 0.29) is 17.8 Å². The predicted molar refractivity (Wildman–Crippen MR) is 137 cm³/mol. The number of aromatic nitrogens is 1. The molecule has 0 bridgehead atoms. The number of rotatable bonds is 7. The fraction of sp³-hybridized carbons (Fsp3) is 0.231. The number of halogens is 2. The van der Waals surface area contributed by atoms with Crippen LogP contribution in [0.4, 0.5) is 5.82 Å². The molecule has 1 aliphatic heterocycles. The molecule has 1 aliphatic rings. The Balaban J connectivity index is 1.56. The molecule has 4 rings (SSSR count). The Labute approximate surface area is 213 Å². The average molecular weight is 511 g/mol. The molecule has 9 heteroatoms. The van der Waals surface area contributed by atoms with Crippen LogP contribution in [0.15, 0.2) is 54.7 Å². The van der Waals surface area contributed by atoms with Gasteiger partial charge >= 0.3 is 0 Å². The fourth-order valence-electron chi connectivity index (χ4n) is 4.01. The van der Waals surface area contributed by atoms with Crippen molar-refractivity contribution in [2.75, 3.05) is 25.5 Å². The molecule has 0 atom stereocenters. The number of benzene rings is 2. The van der Waals surface area contributed by atoms with Crippen LogP contribution in [0.1, 0.15) is 44.7 Å². The van der Waals surface area contributed by atoms with Gasteiger partial charge in [0.1, 0.15) is 17.4 Å². The van der Waals surface area contributed by atoms with E-state index in [9.17, 15) is 9.59 Å². The van der Waals surface area contributed by atoms with E-state index in [1.165, 1.54) is 19.4 Å². The molecule has 0 radical (unpaired) electrons. The van der Waals surface area contributed by atoms with Gasteiger partial charge in [-0.2, -0.15) is 0 Å². The van der Waals surface area contributed by atoms with Crippen LogP contribution in [-0.4, -0.2) is 47.6 Å². The first-order chi connectivity index (χ1) is 16.9. The third-order valence-electron chi connectivity index (χ3n) is 5.85. The molecule has 180 valence electrons. The van der Waals surface area contributed by atoms with Crippen molar-refractivity contribution >= 4 is 46.5 Å². The summed E-state index contributed by atoms with van der Waals surface area (Å²) >= 11 is 12.1. The summed E-state index contributed by atoms with van der Waals surface area (Å²) in [5.41, 5.74) is 1.88. The summed E-state index contributed by atoms with van der Waals surface area (Å²) in [4.78, 5) is 32.3. The number of Topliss-reactive ketones (excluding diaryl/α,β-unsaturated/α-hetero) is 1. The van der Waals surface area contributed by atoms with E-state index in [1.807, 2.05) is 4.90 Å². The number of ether oxygens (including phenoxy) is 1. The molecular formula is C26H24Cl2N4O3. The van der Waals surface area contributed by atoms with E-state index >= 15 is 0 Å². The number of nitrogens with zero attached hydrogens (tertiary/aromatic N) is 2. The van der Waals surface area contributed by atoms with Gasteiger partial charge in [0.05, 0.1) is 12.1 Å². The number of amides is 1. The lowest BCUT2D eigenvalue weighted by atomic mass is 9.96. The highest BCUT2D eigenvalue weighted by atomic mass is 35.5. The standard InChI is InChI=1S/C26H24Cl2N4O3/c1-35-23-13-19(28)12-21(26(34)31-24-9-8-18(27)15-30-24)20(23)14-22(33)16-4-6-17(7-5-16)25(29)32-10-2-3-11-32/h4-9,12-13,15,29H,2-3,10-11,14H2,1H3,(H,30,31,34). The van der Waals surface area contributed by atoms with Crippen molar-refractivity contribution in [1.29, 1.82) is 5.41 Å². The molecular weight excluding hydrogens is 487 g/mol. The highest BCUT2D eigenvalue weighted by molar-refractivity contribution is 6.31. The average Bonchev–Trinajstić information content (AvgIpc) is 3.41. The number of ketones is 1. The fourth-order valence-corrected chi connectivity index (χ4v) is 4.33. The van der Waals surface area contributed by atoms with E-state index in [0.717, 1.165) is 31.5 Å². The van der Waals surface area contributed by atoms with Gasteiger partial charge in [-0.1, -0.05) is 47.5 Å². The second kappa shape index (κ2) is 10.9. The molecule has 3 aromatic rings. The second-order valence-corrected chi connectivity index (χ2v) is 9.04. The number of likely N-dealkylation sites (tertiary alicyclic amines) is 1. The zero-order valence-electron chi connectivity index (χ0n) is 19.1. The Morgan fingerprint density at radius 3 is 2.34 bits per heavy atom. The van der Waals surface area contributed by atoms with E-state index in [2.05, 4.69) is 10.3 Å². The van der Waals surface area contributed by atoms with Crippen molar-refractivity contribution < 1.29 is 14.3 Å². The summed E-state index contributed by atoms with van der Waals surface area (Å²) in [5, 5.41) is 11.8. The monoisotopic (exact) mass is 510 g/mol. The summed E-state index contributed by atoms with van der Waals surface area (Å²) in [6, 6.07) is 13.2. The number of amidine groups is 1. The van der Waals surface area contributed by atoms with Crippen molar-refractivity contribution in [2.24, 2.45) is 0 Å². The number of hydrogen-bond donors (Lipinski definition) is 2. The second-order valence-electron chi connectivity index (χ2n) is 8.17. The molecule has 1 fully saturated rings. The van der Waals surface area contributed by atoms with Gasteiger partial charge in [0.15, 0.2) is 5.78 Å². The Bertz CT molecular complexity index is 1250. The van der Waals surface area contributed by atoms with E-state index in [4.69, 9.17) is 33.3 Å². The normalized spacial score (nSPS) is 12.9. The number of hydrogen-bond acceptors (Lipinski definition) is 5. The smallest absolute Gasteiger partial charge is 0.257 e. The lowest BCUT2D eigenvalue weighted by molar-refractivity contribution is 0.0991. The minimum Gasteiger partial charge on any atom is -0.496 e. The van der Waals surface area contributed by atoms with Gasteiger partial charge in [0.25, 0.3) is 5.91 Å². The van der Waals surface area contributed by atoms with Crippen molar-refractivity contribution in [3.63, 3.8) is 0 Å². The number of pyridine rings is 1. The first kappa shape index (κ1) is 24.7. The van der Waals surface area contributed by atoms with Crippen LogP contribution in [0, 0.1) is 5.41 Å². The number of anilines is 1. The Kier molecular flexibility index (Phi) is 7.68. The zero-order valence-corrected chi connectivity index (χ0v) is 20.6. The predicted octanol–water partition coefficient (Wildman–Crippen LogP) is 5.50. The van der Waals surface area contributed by atoms with Crippen LogP contribution in [0.3, 0.4) is 0 Å². The third-order valence-corrected chi connectivity index (χ3v) is 6.29. The summed E-state index contributed by atoms with van der Waals surface area (Å²) in [6.45, 7) is 1.76. The molecule has 1 aromatic heterocycles. The van der Waals surface area contributed by atoms with E-state index < -0.39 is 5.91 Å². The molecule has 0 unspecified atom stereocenters. The molecule has 7 nitrogen and oxygen atoms in total. The molecule has 0 saturated carbocycles. The van der Waals surface area contributed by atoms with Gasteiger partial charge in [0, 0.05) is 53.0 Å². The molecule has 2 aromatic carbocycles. The van der Waals surface area contributed by atoms with Crippen molar-refractivity contribution in [2.45, 2.75) is 19.3 Å². The number of carbonyl (C=O) groups excluding carboxylic acids is 2. The van der Waals surface area contributed by atoms with Gasteiger partial charge in [-0.15, -0.1) is 0 Å². The largest absolute Gasteiger partial charge is 0.496 e. The summed E-state index contributed by atoms with van der Waals surface area (Å²) in [6.07, 6.45) is 3.53. The maximum Gasteiger partial charge on any atom is 0.257 e. The first-order valence-corrected chi connectivity index (χ1v) is 11.9. The first-order valence-electron chi connectivity index (χ1n) is 11.1. The van der Waals surface area contributed by atoms with Crippen LogP contribution in [0.5, 0.6) is 5.75 Å². The van der Waals surface area contributed by atoms with Crippen molar-refractivity contribution in [1.82, 2.24) is 9.88 Å². The molecule has 35 heavy (non-hydrogen) atoms. The van der Waals surface area contributed by atoms with Crippen molar-refractivity contribution in [3.05, 3.63) is 87.0 Å². The van der Waals surface area contributed by atoms with Gasteiger partial charge in [-0.25, -0.2) is 4.98 Å². The van der Waals surface area contributed by atoms with Crippen LogP contribution < -0.4 is 10.1 Å². The van der Waals surface area contributed by atoms with E-state index in [0.29, 0.717) is 38.6 Å². The summed E-state index contributed by atoms with van der Waals surface area (Å²) in [7, 11) is 1.46. The number of carbonyl (C=O) groups is 2.